The van der Waals surface area contributed by atoms with Gasteiger partial charge in [-0.1, -0.05) is 32.5 Å². The van der Waals surface area contributed by atoms with Crippen LogP contribution in [0.1, 0.15) is 45.6 Å². The van der Waals surface area contributed by atoms with Gasteiger partial charge in [0.05, 0.1) is 0 Å². The van der Waals surface area contributed by atoms with Crippen LogP contribution < -0.4 is 10.6 Å². The maximum Gasteiger partial charge on any atom is 0.103 e. The molecule has 0 spiro atoms. The molecule has 0 aliphatic heterocycles. The van der Waals surface area contributed by atoms with Crippen LogP contribution in [-0.4, -0.2) is 17.6 Å². The molecule has 0 aliphatic carbocycles. The Morgan fingerprint density at radius 2 is 1.89 bits per heavy atom. The van der Waals surface area contributed by atoms with Crippen LogP contribution in [0, 0.1) is 0 Å². The molecule has 100 valence electrons. The van der Waals surface area contributed by atoms with Gasteiger partial charge in [-0.15, -0.1) is 0 Å². The van der Waals surface area contributed by atoms with Gasteiger partial charge in [0.1, 0.15) is 4.99 Å². The zero-order valence-corrected chi connectivity index (χ0v) is 12.5. The molecule has 2 nitrogen and oxygen atoms in total. The number of benzene rings is 1. The smallest absolute Gasteiger partial charge is 0.103 e. The Morgan fingerprint density at radius 1 is 1.28 bits per heavy atom. The van der Waals surface area contributed by atoms with E-state index in [4.69, 9.17) is 18.0 Å². The molecular weight excluding hydrogens is 240 g/mol. The van der Waals surface area contributed by atoms with Crippen LogP contribution in [0.15, 0.2) is 24.3 Å². The number of nitrogens with two attached hydrogens (primary N) is 1. The van der Waals surface area contributed by atoms with Crippen molar-refractivity contribution in [3.05, 3.63) is 29.8 Å². The lowest BCUT2D eigenvalue weighted by molar-refractivity contribution is 0.596. The Hall–Kier alpha value is -1.09. The van der Waals surface area contributed by atoms with Crippen molar-refractivity contribution in [3.63, 3.8) is 0 Å². The van der Waals surface area contributed by atoms with E-state index < -0.39 is 0 Å². The lowest BCUT2D eigenvalue weighted by Gasteiger charge is -2.31. The van der Waals surface area contributed by atoms with E-state index in [9.17, 15) is 0 Å². The summed E-state index contributed by atoms with van der Waals surface area (Å²) in [4.78, 5) is 2.93. The average molecular weight is 264 g/mol. The summed E-state index contributed by atoms with van der Waals surface area (Å²) in [6.07, 6.45) is 3.60. The fourth-order valence-electron chi connectivity index (χ4n) is 1.97. The number of hydrogen-bond acceptors (Lipinski definition) is 2. The van der Waals surface area contributed by atoms with Gasteiger partial charge in [0, 0.05) is 23.8 Å². The molecule has 0 radical (unpaired) electrons. The molecule has 0 saturated carbocycles. The van der Waals surface area contributed by atoms with Gasteiger partial charge in [-0.05, 0) is 44.0 Å². The maximum atomic E-state index is 5.62. The Morgan fingerprint density at radius 3 is 2.33 bits per heavy atom. The first-order valence-corrected chi connectivity index (χ1v) is 7.17. The third-order valence-corrected chi connectivity index (χ3v) is 3.59. The van der Waals surface area contributed by atoms with Gasteiger partial charge in [-0.3, -0.25) is 0 Å². The van der Waals surface area contributed by atoms with Crippen molar-refractivity contribution in [2.75, 3.05) is 11.4 Å². The molecule has 0 aliphatic rings. The van der Waals surface area contributed by atoms with Gasteiger partial charge in [0.15, 0.2) is 0 Å². The van der Waals surface area contributed by atoms with E-state index in [2.05, 4.69) is 37.8 Å². The average Bonchev–Trinajstić information content (AvgIpc) is 2.39. The zero-order chi connectivity index (χ0) is 13.5. The van der Waals surface area contributed by atoms with Crippen LogP contribution in [0.5, 0.6) is 0 Å². The summed E-state index contributed by atoms with van der Waals surface area (Å²) in [5, 5.41) is 0. The Kier molecular flexibility index (Phi) is 6.13. The second kappa shape index (κ2) is 7.37. The standard InChI is InChI=1S/C15H24N2S/c1-4-6-11-17(12(3)5-2)14-9-7-13(8-10-14)15(16)18/h7-10,12H,4-6,11H2,1-3H3,(H2,16,18). The van der Waals surface area contributed by atoms with Gasteiger partial charge in [0.25, 0.3) is 0 Å². The van der Waals surface area contributed by atoms with Crippen LogP contribution in [0.4, 0.5) is 5.69 Å². The molecule has 0 amide bonds. The summed E-state index contributed by atoms with van der Waals surface area (Å²) >= 11 is 4.98. The SMILES string of the molecule is CCCCN(c1ccc(C(N)=S)cc1)C(C)CC. The van der Waals surface area contributed by atoms with Crippen molar-refractivity contribution in [3.8, 4) is 0 Å². The molecule has 1 unspecified atom stereocenters. The van der Waals surface area contributed by atoms with Gasteiger partial charge in [0.2, 0.25) is 0 Å². The van der Waals surface area contributed by atoms with E-state index in [0.29, 0.717) is 11.0 Å². The van der Waals surface area contributed by atoms with Gasteiger partial charge in [-0.2, -0.15) is 0 Å². The van der Waals surface area contributed by atoms with Crippen molar-refractivity contribution >= 4 is 22.9 Å². The molecule has 1 aromatic rings. The third kappa shape index (κ3) is 3.98. The number of rotatable bonds is 7. The normalized spacial score (nSPS) is 12.2. The first kappa shape index (κ1) is 15.0. The Balaban J connectivity index is 2.87. The number of anilines is 1. The van der Waals surface area contributed by atoms with E-state index >= 15 is 0 Å². The van der Waals surface area contributed by atoms with Crippen molar-refractivity contribution in [2.45, 2.75) is 46.1 Å². The monoisotopic (exact) mass is 264 g/mol. The summed E-state index contributed by atoms with van der Waals surface area (Å²) in [5.74, 6) is 0. The Labute approximate surface area is 116 Å². The highest BCUT2D eigenvalue weighted by Gasteiger charge is 2.12. The molecule has 0 bridgehead atoms. The first-order valence-electron chi connectivity index (χ1n) is 6.76. The minimum absolute atomic E-state index is 0.463. The van der Waals surface area contributed by atoms with Gasteiger partial charge in [-0.25, -0.2) is 0 Å². The highest BCUT2D eigenvalue weighted by molar-refractivity contribution is 7.80. The summed E-state index contributed by atoms with van der Waals surface area (Å²) in [7, 11) is 0. The summed E-state index contributed by atoms with van der Waals surface area (Å²) in [6, 6.07) is 8.83. The molecule has 3 heteroatoms. The predicted molar refractivity (Wildman–Crippen MR) is 84.3 cm³/mol. The molecule has 0 aromatic heterocycles. The summed E-state index contributed by atoms with van der Waals surface area (Å²) in [6.45, 7) is 7.84. The van der Waals surface area contributed by atoms with Crippen LogP contribution in [-0.2, 0) is 0 Å². The van der Waals surface area contributed by atoms with Crippen LogP contribution >= 0.6 is 12.2 Å². The molecule has 1 atom stereocenters. The van der Waals surface area contributed by atoms with Crippen LogP contribution in [0.2, 0.25) is 0 Å². The molecule has 1 aromatic carbocycles. The lowest BCUT2D eigenvalue weighted by atomic mass is 10.1. The van der Waals surface area contributed by atoms with Gasteiger partial charge < -0.3 is 10.6 Å². The fraction of sp³-hybridized carbons (Fsp3) is 0.533. The number of unbranched alkanes of at least 4 members (excludes halogenated alkanes) is 1. The molecule has 0 heterocycles. The minimum atomic E-state index is 0.463. The quantitative estimate of drug-likeness (QED) is 0.761. The number of nitrogens with zero attached hydrogens (tertiary/aromatic N) is 1. The van der Waals surface area contributed by atoms with E-state index in [0.717, 1.165) is 18.5 Å². The van der Waals surface area contributed by atoms with E-state index in [1.165, 1.54) is 18.5 Å². The van der Waals surface area contributed by atoms with Gasteiger partial charge >= 0.3 is 0 Å². The fourth-order valence-corrected chi connectivity index (χ4v) is 2.11. The zero-order valence-electron chi connectivity index (χ0n) is 11.6. The highest BCUT2D eigenvalue weighted by atomic mass is 32.1. The second-order valence-corrected chi connectivity index (χ2v) is 5.16. The van der Waals surface area contributed by atoms with E-state index in [1.54, 1.807) is 0 Å². The third-order valence-electron chi connectivity index (χ3n) is 3.36. The van der Waals surface area contributed by atoms with Crippen LogP contribution in [0.3, 0.4) is 0 Å². The molecule has 0 fully saturated rings. The van der Waals surface area contributed by atoms with Crippen molar-refractivity contribution in [1.29, 1.82) is 0 Å². The Bertz CT molecular complexity index is 373. The van der Waals surface area contributed by atoms with Crippen molar-refractivity contribution in [1.82, 2.24) is 0 Å². The summed E-state index contributed by atoms with van der Waals surface area (Å²) < 4.78 is 0. The molecule has 0 saturated heterocycles. The van der Waals surface area contributed by atoms with E-state index in [-0.39, 0.29) is 0 Å². The van der Waals surface area contributed by atoms with Crippen LogP contribution in [0.25, 0.3) is 0 Å². The topological polar surface area (TPSA) is 29.3 Å². The van der Waals surface area contributed by atoms with E-state index in [1.807, 2.05) is 12.1 Å². The molecule has 18 heavy (non-hydrogen) atoms. The highest BCUT2D eigenvalue weighted by Crippen LogP contribution is 2.20. The summed E-state index contributed by atoms with van der Waals surface area (Å²) in [5.41, 5.74) is 7.82. The lowest BCUT2D eigenvalue weighted by Crippen LogP contribution is -2.33. The number of thiocarbonyl (C=S) groups is 1. The predicted octanol–water partition coefficient (Wildman–Crippen LogP) is 3.73. The first-order chi connectivity index (χ1) is 8.60. The van der Waals surface area contributed by atoms with Crippen molar-refractivity contribution in [2.24, 2.45) is 5.73 Å². The molecule has 2 N–H and O–H groups in total. The number of hydrogen-bond donors (Lipinski definition) is 1. The van der Waals surface area contributed by atoms with Crippen molar-refractivity contribution < 1.29 is 0 Å². The molecular formula is C15H24N2S. The second-order valence-electron chi connectivity index (χ2n) is 4.72. The maximum absolute atomic E-state index is 5.62. The minimum Gasteiger partial charge on any atom is -0.389 e. The molecule has 1 rings (SSSR count). The largest absolute Gasteiger partial charge is 0.389 e.